The number of rotatable bonds is 1. The summed E-state index contributed by atoms with van der Waals surface area (Å²) < 4.78 is 39.4. The van der Waals surface area contributed by atoms with Crippen LogP contribution < -0.4 is 4.90 Å². The Morgan fingerprint density at radius 2 is 1.87 bits per heavy atom. The fourth-order valence-electron chi connectivity index (χ4n) is 2.69. The van der Waals surface area contributed by atoms with Crippen LogP contribution in [0.2, 0.25) is 0 Å². The lowest BCUT2D eigenvalue weighted by atomic mass is 10.00. The molecule has 0 bridgehead atoms. The summed E-state index contributed by atoms with van der Waals surface area (Å²) in [7, 11) is 0. The first kappa shape index (κ1) is 14.9. The summed E-state index contributed by atoms with van der Waals surface area (Å²) in [6.45, 7) is 0. The Labute approximate surface area is 129 Å². The lowest BCUT2D eigenvalue weighted by molar-refractivity contribution is -0.137. The van der Waals surface area contributed by atoms with Crippen LogP contribution in [-0.4, -0.2) is 11.0 Å². The highest BCUT2D eigenvalue weighted by molar-refractivity contribution is 6.12. The predicted molar refractivity (Wildman–Crippen MR) is 74.7 cm³/mol. The first-order chi connectivity index (χ1) is 10.8. The largest absolute Gasteiger partial charge is 0.508 e. The van der Waals surface area contributed by atoms with Crippen molar-refractivity contribution < 1.29 is 23.1 Å². The molecule has 0 aromatic heterocycles. The Balaban J connectivity index is 2.21. The van der Waals surface area contributed by atoms with Gasteiger partial charge in [0.25, 0.3) is 5.91 Å². The molecule has 0 radical (unpaired) electrons. The molecule has 3 rings (SSSR count). The number of carbonyl (C=O) groups excluding carboxylic acids is 1. The lowest BCUT2D eigenvalue weighted by Crippen LogP contribution is -2.27. The van der Waals surface area contributed by atoms with E-state index in [-0.39, 0.29) is 17.0 Å². The zero-order valence-corrected chi connectivity index (χ0v) is 11.5. The zero-order chi connectivity index (χ0) is 16.8. The molecule has 23 heavy (non-hydrogen) atoms. The SMILES string of the molecule is N#CC1c2cccc(C(F)(F)F)c2C(=O)N1c1cccc(O)c1. The molecule has 1 atom stereocenters. The van der Waals surface area contributed by atoms with Crippen LogP contribution in [0.1, 0.15) is 27.5 Å². The fourth-order valence-corrected chi connectivity index (χ4v) is 2.69. The van der Waals surface area contributed by atoms with Crippen LogP contribution in [0.15, 0.2) is 42.5 Å². The standard InChI is InChI=1S/C16H9F3N2O2/c17-16(18,19)12-6-2-5-11-13(8-20)21(15(23)14(11)12)9-3-1-4-10(22)7-9/h1-7,13,22H. The first-order valence-electron chi connectivity index (χ1n) is 6.57. The maximum Gasteiger partial charge on any atom is 0.417 e. The van der Waals surface area contributed by atoms with E-state index < -0.39 is 29.3 Å². The number of phenols is 1. The molecule has 1 aliphatic heterocycles. The highest BCUT2D eigenvalue weighted by Crippen LogP contribution is 2.43. The average molecular weight is 318 g/mol. The van der Waals surface area contributed by atoms with Crippen molar-refractivity contribution in [2.45, 2.75) is 12.2 Å². The Kier molecular flexibility index (Phi) is 3.25. The van der Waals surface area contributed by atoms with E-state index in [0.29, 0.717) is 0 Å². The van der Waals surface area contributed by atoms with E-state index in [1.807, 2.05) is 6.07 Å². The van der Waals surface area contributed by atoms with Crippen LogP contribution in [0.4, 0.5) is 18.9 Å². The van der Waals surface area contributed by atoms with Gasteiger partial charge in [-0.05, 0) is 18.2 Å². The fraction of sp³-hybridized carbons (Fsp3) is 0.125. The number of amides is 1. The van der Waals surface area contributed by atoms with Gasteiger partial charge in [-0.3, -0.25) is 9.69 Å². The summed E-state index contributed by atoms with van der Waals surface area (Å²) in [5.41, 5.74) is -1.42. The summed E-state index contributed by atoms with van der Waals surface area (Å²) in [6.07, 6.45) is -4.70. The molecule has 0 aliphatic carbocycles. The third kappa shape index (κ3) is 2.28. The molecule has 1 unspecified atom stereocenters. The number of phenolic OH excluding ortho intramolecular Hbond substituents is 1. The minimum absolute atomic E-state index is 0.00988. The van der Waals surface area contributed by atoms with E-state index in [0.717, 1.165) is 11.0 Å². The molecule has 1 amide bonds. The van der Waals surface area contributed by atoms with Crippen LogP contribution in [0.3, 0.4) is 0 Å². The molecule has 2 aromatic rings. The molecule has 0 saturated carbocycles. The lowest BCUT2D eigenvalue weighted by Gasteiger charge is -2.20. The number of nitriles is 1. The maximum atomic E-state index is 13.1. The second-order valence-electron chi connectivity index (χ2n) is 4.99. The molecule has 7 heteroatoms. The van der Waals surface area contributed by atoms with E-state index in [9.17, 15) is 28.3 Å². The number of benzene rings is 2. The van der Waals surface area contributed by atoms with Crippen LogP contribution in [0, 0.1) is 11.3 Å². The molecular formula is C16H9F3N2O2. The minimum atomic E-state index is -4.70. The van der Waals surface area contributed by atoms with Crippen LogP contribution in [-0.2, 0) is 6.18 Å². The second-order valence-corrected chi connectivity index (χ2v) is 4.99. The summed E-state index contributed by atoms with van der Waals surface area (Å²) in [5, 5.41) is 18.9. The van der Waals surface area contributed by atoms with Gasteiger partial charge in [0.05, 0.1) is 17.2 Å². The van der Waals surface area contributed by atoms with Gasteiger partial charge in [-0.2, -0.15) is 18.4 Å². The quantitative estimate of drug-likeness (QED) is 0.873. The monoisotopic (exact) mass is 318 g/mol. The number of fused-ring (bicyclic) bond motifs is 1. The van der Waals surface area contributed by atoms with Gasteiger partial charge in [-0.15, -0.1) is 0 Å². The molecule has 4 nitrogen and oxygen atoms in total. The summed E-state index contributed by atoms with van der Waals surface area (Å²) in [6, 6.07) is 9.47. The number of nitrogens with zero attached hydrogens (tertiary/aromatic N) is 2. The number of hydrogen-bond acceptors (Lipinski definition) is 3. The first-order valence-corrected chi connectivity index (χ1v) is 6.57. The van der Waals surface area contributed by atoms with Crippen molar-refractivity contribution in [3.63, 3.8) is 0 Å². The van der Waals surface area contributed by atoms with Gasteiger partial charge in [-0.25, -0.2) is 0 Å². The van der Waals surface area contributed by atoms with E-state index in [1.54, 1.807) is 0 Å². The number of halogens is 3. The Bertz CT molecular complexity index is 840. The predicted octanol–water partition coefficient (Wildman–Crippen LogP) is 3.64. The van der Waals surface area contributed by atoms with Crippen molar-refractivity contribution in [3.05, 3.63) is 59.2 Å². The molecule has 2 aromatic carbocycles. The van der Waals surface area contributed by atoms with E-state index in [1.165, 1.54) is 36.4 Å². The summed E-state index contributed by atoms with van der Waals surface area (Å²) in [5.74, 6) is -1.07. The number of alkyl halides is 3. The van der Waals surface area contributed by atoms with E-state index >= 15 is 0 Å². The topological polar surface area (TPSA) is 64.3 Å². The molecule has 1 N–H and O–H groups in total. The van der Waals surface area contributed by atoms with Gasteiger partial charge in [0.2, 0.25) is 0 Å². The molecule has 1 heterocycles. The highest BCUT2D eigenvalue weighted by Gasteiger charge is 2.45. The van der Waals surface area contributed by atoms with Crippen LogP contribution >= 0.6 is 0 Å². The second kappa shape index (κ2) is 5.02. The zero-order valence-electron chi connectivity index (χ0n) is 11.5. The van der Waals surface area contributed by atoms with Crippen LogP contribution in [0.25, 0.3) is 0 Å². The minimum Gasteiger partial charge on any atom is -0.508 e. The number of anilines is 1. The van der Waals surface area contributed by atoms with Gasteiger partial charge >= 0.3 is 6.18 Å². The van der Waals surface area contributed by atoms with Crippen molar-refractivity contribution in [3.8, 4) is 11.8 Å². The Morgan fingerprint density at radius 3 is 2.48 bits per heavy atom. The Morgan fingerprint density at radius 1 is 1.17 bits per heavy atom. The molecule has 1 aliphatic rings. The maximum absolute atomic E-state index is 13.1. The molecule has 0 fully saturated rings. The number of aromatic hydroxyl groups is 1. The third-order valence-corrected chi connectivity index (χ3v) is 3.62. The van der Waals surface area contributed by atoms with Crippen molar-refractivity contribution in [2.24, 2.45) is 0 Å². The van der Waals surface area contributed by atoms with Crippen molar-refractivity contribution in [1.29, 1.82) is 5.26 Å². The summed E-state index contributed by atoms with van der Waals surface area (Å²) in [4.78, 5) is 13.5. The molecular weight excluding hydrogens is 309 g/mol. The van der Waals surface area contributed by atoms with E-state index in [2.05, 4.69) is 0 Å². The van der Waals surface area contributed by atoms with Gasteiger partial charge in [0.1, 0.15) is 5.75 Å². The van der Waals surface area contributed by atoms with Crippen LogP contribution in [0.5, 0.6) is 5.75 Å². The van der Waals surface area contributed by atoms with Gasteiger partial charge in [-0.1, -0.05) is 18.2 Å². The van der Waals surface area contributed by atoms with Crippen molar-refractivity contribution in [2.75, 3.05) is 4.90 Å². The number of carbonyl (C=O) groups is 1. The normalized spacial score (nSPS) is 17.0. The van der Waals surface area contributed by atoms with Gasteiger partial charge in [0, 0.05) is 17.3 Å². The molecule has 0 spiro atoms. The third-order valence-electron chi connectivity index (χ3n) is 3.62. The highest BCUT2D eigenvalue weighted by atomic mass is 19.4. The number of hydrogen-bond donors (Lipinski definition) is 1. The molecule has 116 valence electrons. The summed E-state index contributed by atoms with van der Waals surface area (Å²) >= 11 is 0. The smallest absolute Gasteiger partial charge is 0.417 e. The molecule has 0 saturated heterocycles. The average Bonchev–Trinajstić information content (AvgIpc) is 2.78. The Hall–Kier alpha value is -3.01. The van der Waals surface area contributed by atoms with Gasteiger partial charge < -0.3 is 5.11 Å². The van der Waals surface area contributed by atoms with Crippen molar-refractivity contribution in [1.82, 2.24) is 0 Å². The van der Waals surface area contributed by atoms with E-state index in [4.69, 9.17) is 0 Å². The van der Waals surface area contributed by atoms with Gasteiger partial charge in [0.15, 0.2) is 6.04 Å². The van der Waals surface area contributed by atoms with Crippen molar-refractivity contribution >= 4 is 11.6 Å².